The van der Waals surface area contributed by atoms with Gasteiger partial charge in [-0.1, -0.05) is 104 Å². The SMILES string of the molecule is CCCCCCCCCCCCCCCCC(O)(O)C(N)(CCC)CCC(O)O.Cl. The van der Waals surface area contributed by atoms with Crippen molar-refractivity contribution in [3.63, 3.8) is 0 Å². The Morgan fingerprint density at radius 1 is 0.600 bits per heavy atom. The van der Waals surface area contributed by atoms with E-state index in [4.69, 9.17) is 15.9 Å². The summed E-state index contributed by atoms with van der Waals surface area (Å²) in [5.74, 6) is -1.96. The van der Waals surface area contributed by atoms with Gasteiger partial charge in [-0.15, -0.1) is 12.4 Å². The molecule has 0 aromatic rings. The molecule has 30 heavy (non-hydrogen) atoms. The number of rotatable bonds is 21. The first-order valence-electron chi connectivity index (χ1n) is 12.4. The average molecular weight is 454 g/mol. The molecule has 0 radical (unpaired) electrons. The van der Waals surface area contributed by atoms with Gasteiger partial charge in [0, 0.05) is 6.42 Å². The van der Waals surface area contributed by atoms with Gasteiger partial charge in [0.1, 0.15) is 0 Å². The summed E-state index contributed by atoms with van der Waals surface area (Å²) >= 11 is 0. The van der Waals surface area contributed by atoms with Crippen molar-refractivity contribution in [1.29, 1.82) is 0 Å². The maximum Gasteiger partial charge on any atom is 0.181 e. The van der Waals surface area contributed by atoms with Crippen LogP contribution in [0.15, 0.2) is 0 Å². The van der Waals surface area contributed by atoms with Crippen LogP contribution in [-0.2, 0) is 0 Å². The highest BCUT2D eigenvalue weighted by Gasteiger charge is 2.44. The third-order valence-corrected chi connectivity index (χ3v) is 6.22. The summed E-state index contributed by atoms with van der Waals surface area (Å²) in [6.45, 7) is 4.20. The van der Waals surface area contributed by atoms with E-state index in [1.165, 1.54) is 70.6 Å². The minimum atomic E-state index is -1.96. The number of hydrogen-bond donors (Lipinski definition) is 5. The van der Waals surface area contributed by atoms with E-state index in [9.17, 15) is 10.2 Å². The van der Waals surface area contributed by atoms with Crippen molar-refractivity contribution in [3.05, 3.63) is 0 Å². The van der Waals surface area contributed by atoms with Gasteiger partial charge in [-0.3, -0.25) is 0 Å². The van der Waals surface area contributed by atoms with Crippen LogP contribution in [0.4, 0.5) is 0 Å². The Balaban J connectivity index is 0. The van der Waals surface area contributed by atoms with Crippen LogP contribution in [0.25, 0.3) is 0 Å². The van der Waals surface area contributed by atoms with Gasteiger partial charge in [-0.05, 0) is 25.7 Å². The molecule has 0 aliphatic heterocycles. The van der Waals surface area contributed by atoms with E-state index in [1.807, 2.05) is 6.92 Å². The van der Waals surface area contributed by atoms with Crippen LogP contribution < -0.4 is 5.73 Å². The molecule has 0 fully saturated rings. The fourth-order valence-corrected chi connectivity index (χ4v) is 4.17. The van der Waals surface area contributed by atoms with Crippen molar-refractivity contribution in [2.45, 2.75) is 153 Å². The quantitative estimate of drug-likeness (QED) is 0.116. The third-order valence-electron chi connectivity index (χ3n) is 6.22. The first kappa shape index (κ1) is 32.3. The number of nitrogens with two attached hydrogens (primary N) is 1. The lowest BCUT2D eigenvalue weighted by atomic mass is 9.79. The average Bonchev–Trinajstić information content (AvgIpc) is 2.66. The second-order valence-corrected chi connectivity index (χ2v) is 9.09. The van der Waals surface area contributed by atoms with Crippen LogP contribution in [0.5, 0.6) is 0 Å². The molecular formula is C24H52ClNO4. The van der Waals surface area contributed by atoms with Gasteiger partial charge in [0.15, 0.2) is 12.1 Å². The van der Waals surface area contributed by atoms with E-state index < -0.39 is 17.6 Å². The topological polar surface area (TPSA) is 107 Å². The van der Waals surface area contributed by atoms with E-state index in [0.29, 0.717) is 6.42 Å². The molecule has 0 aliphatic rings. The first-order valence-corrected chi connectivity index (χ1v) is 12.4. The Kier molecular flexibility index (Phi) is 21.2. The smallest absolute Gasteiger partial charge is 0.181 e. The third kappa shape index (κ3) is 15.8. The minimum absolute atomic E-state index is 0. The molecule has 0 bridgehead atoms. The van der Waals surface area contributed by atoms with Crippen molar-refractivity contribution in [2.24, 2.45) is 5.73 Å². The molecule has 1 unspecified atom stereocenters. The lowest BCUT2D eigenvalue weighted by molar-refractivity contribution is -0.221. The maximum absolute atomic E-state index is 10.5. The molecule has 0 aromatic carbocycles. The van der Waals surface area contributed by atoms with E-state index in [2.05, 4.69) is 6.92 Å². The van der Waals surface area contributed by atoms with Crippen molar-refractivity contribution in [1.82, 2.24) is 0 Å². The predicted octanol–water partition coefficient (Wildman–Crippen LogP) is 5.55. The monoisotopic (exact) mass is 453 g/mol. The van der Waals surface area contributed by atoms with Gasteiger partial charge in [-0.2, -0.15) is 0 Å². The Bertz CT molecular complexity index is 369. The van der Waals surface area contributed by atoms with Crippen LogP contribution in [0.2, 0.25) is 0 Å². The lowest BCUT2D eigenvalue weighted by Crippen LogP contribution is -2.61. The molecule has 5 nitrogen and oxygen atoms in total. The Morgan fingerprint density at radius 3 is 1.37 bits per heavy atom. The van der Waals surface area contributed by atoms with Gasteiger partial charge in [0.05, 0.1) is 5.54 Å². The van der Waals surface area contributed by atoms with E-state index >= 15 is 0 Å². The summed E-state index contributed by atoms with van der Waals surface area (Å²) in [7, 11) is 0. The fraction of sp³-hybridized carbons (Fsp3) is 1.00. The molecule has 6 N–H and O–H groups in total. The highest BCUT2D eigenvalue weighted by Crippen LogP contribution is 2.32. The van der Waals surface area contributed by atoms with Crippen molar-refractivity contribution < 1.29 is 20.4 Å². The zero-order valence-corrected chi connectivity index (χ0v) is 20.6. The highest BCUT2D eigenvalue weighted by molar-refractivity contribution is 5.85. The predicted molar refractivity (Wildman–Crippen MR) is 129 cm³/mol. The largest absolute Gasteiger partial charge is 0.368 e. The van der Waals surface area contributed by atoms with Crippen molar-refractivity contribution in [3.8, 4) is 0 Å². The molecule has 0 saturated carbocycles. The molecular weight excluding hydrogens is 402 g/mol. The lowest BCUT2D eigenvalue weighted by Gasteiger charge is -2.41. The van der Waals surface area contributed by atoms with Gasteiger partial charge < -0.3 is 26.2 Å². The number of unbranched alkanes of at least 4 members (excludes halogenated alkanes) is 13. The molecule has 0 aromatic heterocycles. The van der Waals surface area contributed by atoms with Crippen LogP contribution in [-0.4, -0.2) is 38.0 Å². The summed E-state index contributed by atoms with van der Waals surface area (Å²) in [6, 6.07) is 0. The molecule has 0 heterocycles. The Hall–Kier alpha value is 0.0900. The molecule has 6 heteroatoms. The second kappa shape index (κ2) is 19.8. The molecule has 1 atom stereocenters. The van der Waals surface area contributed by atoms with Crippen molar-refractivity contribution >= 4 is 12.4 Å². The minimum Gasteiger partial charge on any atom is -0.368 e. The highest BCUT2D eigenvalue weighted by atomic mass is 35.5. The van der Waals surface area contributed by atoms with E-state index in [-0.39, 0.29) is 31.7 Å². The first-order chi connectivity index (χ1) is 13.8. The normalized spacial score (nSPS) is 14.0. The molecule has 0 saturated heterocycles. The molecule has 184 valence electrons. The maximum atomic E-state index is 10.5. The van der Waals surface area contributed by atoms with Gasteiger partial charge in [0.2, 0.25) is 0 Å². The number of aliphatic hydroxyl groups is 4. The van der Waals surface area contributed by atoms with E-state index in [0.717, 1.165) is 25.7 Å². The van der Waals surface area contributed by atoms with Gasteiger partial charge in [-0.25, -0.2) is 0 Å². The Labute approximate surface area is 192 Å². The zero-order valence-electron chi connectivity index (χ0n) is 19.8. The van der Waals surface area contributed by atoms with Crippen LogP contribution >= 0.6 is 12.4 Å². The Morgan fingerprint density at radius 2 is 1.00 bits per heavy atom. The summed E-state index contributed by atoms with van der Waals surface area (Å²) in [6.07, 6.45) is 17.8. The summed E-state index contributed by atoms with van der Waals surface area (Å²) in [5, 5.41) is 39.3. The van der Waals surface area contributed by atoms with Crippen LogP contribution in [0.1, 0.15) is 136 Å². The number of aliphatic hydroxyl groups excluding tert-OH is 1. The van der Waals surface area contributed by atoms with E-state index in [1.54, 1.807) is 0 Å². The van der Waals surface area contributed by atoms with Crippen LogP contribution in [0, 0.1) is 0 Å². The summed E-state index contributed by atoms with van der Waals surface area (Å²) < 4.78 is 0. The summed E-state index contributed by atoms with van der Waals surface area (Å²) in [4.78, 5) is 0. The molecule has 0 rings (SSSR count). The standard InChI is InChI=1S/C24H51NO4.ClH/c1-3-5-6-7-8-9-10-11-12-13-14-15-16-17-20-24(28,29)23(25,19-4-2)21-18-22(26)27;/h22,26-29H,3-21,25H2,1-2H3;1H. The second-order valence-electron chi connectivity index (χ2n) is 9.09. The van der Waals surface area contributed by atoms with Gasteiger partial charge in [0.25, 0.3) is 0 Å². The molecule has 0 spiro atoms. The number of hydrogen-bond acceptors (Lipinski definition) is 5. The number of halogens is 1. The summed E-state index contributed by atoms with van der Waals surface area (Å²) in [5.41, 5.74) is 5.07. The molecule has 0 amide bonds. The van der Waals surface area contributed by atoms with Crippen LogP contribution in [0.3, 0.4) is 0 Å². The van der Waals surface area contributed by atoms with Gasteiger partial charge >= 0.3 is 0 Å². The zero-order chi connectivity index (χ0) is 22.0. The molecule has 0 aliphatic carbocycles. The van der Waals surface area contributed by atoms with Crippen molar-refractivity contribution in [2.75, 3.05) is 0 Å². The fourth-order valence-electron chi connectivity index (χ4n) is 4.17.